The Morgan fingerprint density at radius 1 is 1.41 bits per heavy atom. The maximum Gasteiger partial charge on any atom is 0.490 e. The molecule has 9 heteroatoms. The van der Waals surface area contributed by atoms with Crippen LogP contribution in [-0.4, -0.2) is 35.6 Å². The van der Waals surface area contributed by atoms with Crippen LogP contribution in [0.3, 0.4) is 0 Å². The number of hydrogen-bond donors (Lipinski definition) is 3. The quantitative estimate of drug-likeness (QED) is 0.578. The summed E-state index contributed by atoms with van der Waals surface area (Å²) in [6, 6.07) is 0. The lowest BCUT2D eigenvalue weighted by Crippen LogP contribution is -2.22. The second kappa shape index (κ2) is 5.99. The number of imide groups is 1. The number of halogens is 3. The van der Waals surface area contributed by atoms with Gasteiger partial charge in [0, 0.05) is 11.6 Å². The van der Waals surface area contributed by atoms with Crippen molar-refractivity contribution in [1.82, 2.24) is 5.32 Å². The molecule has 17 heavy (non-hydrogen) atoms. The molecule has 0 aromatic carbocycles. The van der Waals surface area contributed by atoms with Crippen molar-refractivity contribution in [3.63, 3.8) is 0 Å². The molecule has 6 nitrogen and oxygen atoms in total. The Labute approximate surface area is 93.3 Å². The second-order valence-corrected chi connectivity index (χ2v) is 2.83. The average Bonchev–Trinajstić information content (AvgIpc) is 2.45. The van der Waals surface area contributed by atoms with Gasteiger partial charge in [-0.25, -0.2) is 4.79 Å². The van der Waals surface area contributed by atoms with Crippen molar-refractivity contribution in [1.29, 1.82) is 0 Å². The number of nitrogens with one attached hydrogen (secondary N) is 1. The minimum atomic E-state index is -5.08. The van der Waals surface area contributed by atoms with Gasteiger partial charge in [0.1, 0.15) is 0 Å². The van der Waals surface area contributed by atoms with E-state index in [0.29, 0.717) is 18.5 Å². The van der Waals surface area contributed by atoms with Crippen LogP contribution in [0.5, 0.6) is 0 Å². The molecule has 0 saturated carbocycles. The standard InChI is InChI=1S/C6H8N2O2.C2HF3O2/c7-2-1-4-3-5(9)8-6(4)10;3-2(4,5)1(6)7/h3H,1-2,7H2,(H,8,9,10);(H,6,7). The lowest BCUT2D eigenvalue weighted by Gasteiger charge is -1.93. The largest absolute Gasteiger partial charge is 0.490 e. The lowest BCUT2D eigenvalue weighted by molar-refractivity contribution is -0.192. The van der Waals surface area contributed by atoms with Crippen molar-refractivity contribution >= 4 is 17.8 Å². The zero-order chi connectivity index (χ0) is 13.6. The zero-order valence-corrected chi connectivity index (χ0v) is 8.37. The number of aliphatic carboxylic acids is 1. The first-order valence-corrected chi connectivity index (χ1v) is 4.24. The van der Waals surface area contributed by atoms with Gasteiger partial charge >= 0.3 is 12.1 Å². The fourth-order valence-corrected chi connectivity index (χ4v) is 0.793. The van der Waals surface area contributed by atoms with Crippen LogP contribution in [0.25, 0.3) is 0 Å². The normalized spacial score (nSPS) is 14.7. The predicted octanol–water partition coefficient (Wildman–Crippen LogP) is -0.449. The summed E-state index contributed by atoms with van der Waals surface area (Å²) in [6.07, 6.45) is -3.33. The van der Waals surface area contributed by atoms with Crippen LogP contribution in [0.2, 0.25) is 0 Å². The number of rotatable bonds is 2. The molecule has 1 aliphatic rings. The summed E-state index contributed by atoms with van der Waals surface area (Å²) in [4.78, 5) is 30.1. The highest BCUT2D eigenvalue weighted by molar-refractivity contribution is 6.16. The molecule has 0 saturated heterocycles. The van der Waals surface area contributed by atoms with Gasteiger partial charge in [-0.3, -0.25) is 14.9 Å². The van der Waals surface area contributed by atoms with Crippen LogP contribution < -0.4 is 11.1 Å². The summed E-state index contributed by atoms with van der Waals surface area (Å²) < 4.78 is 31.7. The maximum absolute atomic E-state index is 10.7. The predicted molar refractivity (Wildman–Crippen MR) is 48.6 cm³/mol. The van der Waals surface area contributed by atoms with Gasteiger partial charge in [0.25, 0.3) is 11.8 Å². The highest BCUT2D eigenvalue weighted by atomic mass is 19.4. The van der Waals surface area contributed by atoms with Gasteiger partial charge in [0.15, 0.2) is 0 Å². The Morgan fingerprint density at radius 3 is 2.12 bits per heavy atom. The van der Waals surface area contributed by atoms with E-state index in [1.165, 1.54) is 6.08 Å². The molecule has 0 bridgehead atoms. The summed E-state index contributed by atoms with van der Waals surface area (Å²) >= 11 is 0. The van der Waals surface area contributed by atoms with E-state index in [9.17, 15) is 22.8 Å². The van der Waals surface area contributed by atoms with Gasteiger partial charge in [-0.1, -0.05) is 0 Å². The van der Waals surface area contributed by atoms with Crippen molar-refractivity contribution in [2.24, 2.45) is 5.73 Å². The minimum absolute atomic E-state index is 0.310. The highest BCUT2D eigenvalue weighted by Crippen LogP contribution is 2.13. The molecule has 0 aromatic heterocycles. The summed E-state index contributed by atoms with van der Waals surface area (Å²) in [5, 5.41) is 9.25. The number of hydrogen-bond acceptors (Lipinski definition) is 4. The van der Waals surface area contributed by atoms with Crippen LogP contribution in [0, 0.1) is 0 Å². The number of amides is 2. The van der Waals surface area contributed by atoms with Gasteiger partial charge in [-0.15, -0.1) is 0 Å². The molecule has 4 N–H and O–H groups in total. The van der Waals surface area contributed by atoms with E-state index in [2.05, 4.69) is 5.32 Å². The molecule has 1 heterocycles. The van der Waals surface area contributed by atoms with E-state index < -0.39 is 12.1 Å². The number of carbonyl (C=O) groups excluding carboxylic acids is 2. The number of carbonyl (C=O) groups is 3. The molecular weight excluding hydrogens is 245 g/mol. The molecular formula is C8H9F3N2O4. The molecule has 0 aromatic rings. The first-order chi connectivity index (χ1) is 7.68. The minimum Gasteiger partial charge on any atom is -0.475 e. The summed E-state index contributed by atoms with van der Waals surface area (Å²) in [6.45, 7) is 0.395. The number of alkyl halides is 3. The van der Waals surface area contributed by atoms with Crippen molar-refractivity contribution in [3.8, 4) is 0 Å². The molecule has 96 valence electrons. The molecule has 0 spiro atoms. The smallest absolute Gasteiger partial charge is 0.475 e. The van der Waals surface area contributed by atoms with E-state index in [1.54, 1.807) is 0 Å². The molecule has 1 aliphatic heterocycles. The van der Waals surface area contributed by atoms with Crippen LogP contribution in [-0.2, 0) is 14.4 Å². The molecule has 0 aliphatic carbocycles. The summed E-state index contributed by atoms with van der Waals surface area (Å²) in [5.74, 6) is -3.41. The summed E-state index contributed by atoms with van der Waals surface area (Å²) in [5.41, 5.74) is 5.66. The average molecular weight is 254 g/mol. The lowest BCUT2D eigenvalue weighted by atomic mass is 10.2. The van der Waals surface area contributed by atoms with E-state index in [1.807, 2.05) is 0 Å². The van der Waals surface area contributed by atoms with E-state index in [4.69, 9.17) is 15.6 Å². The van der Waals surface area contributed by atoms with Crippen molar-refractivity contribution < 1.29 is 32.7 Å². The third kappa shape index (κ3) is 5.66. The first kappa shape index (κ1) is 15.1. The van der Waals surface area contributed by atoms with Crippen LogP contribution in [0.4, 0.5) is 13.2 Å². The van der Waals surface area contributed by atoms with Gasteiger partial charge in [0.2, 0.25) is 0 Å². The molecule has 2 amide bonds. The third-order valence-corrected chi connectivity index (χ3v) is 1.49. The van der Waals surface area contributed by atoms with Crippen molar-refractivity contribution in [2.75, 3.05) is 6.54 Å². The SMILES string of the molecule is NCCC1=CC(=O)NC1=O.O=C(O)C(F)(F)F. The third-order valence-electron chi connectivity index (χ3n) is 1.49. The Balaban J connectivity index is 0.000000325. The maximum atomic E-state index is 10.7. The first-order valence-electron chi connectivity index (χ1n) is 4.24. The van der Waals surface area contributed by atoms with E-state index in [0.717, 1.165) is 0 Å². The number of carboxylic acid groups (broad SMARTS) is 1. The van der Waals surface area contributed by atoms with Gasteiger partial charge in [0.05, 0.1) is 0 Å². The molecule has 1 rings (SSSR count). The Morgan fingerprint density at radius 2 is 1.88 bits per heavy atom. The fourth-order valence-electron chi connectivity index (χ4n) is 0.793. The fraction of sp³-hybridized carbons (Fsp3) is 0.375. The topological polar surface area (TPSA) is 109 Å². The van der Waals surface area contributed by atoms with Crippen molar-refractivity contribution in [2.45, 2.75) is 12.6 Å². The molecule has 0 fully saturated rings. The molecule has 0 radical (unpaired) electrons. The molecule has 0 unspecified atom stereocenters. The van der Waals surface area contributed by atoms with Crippen molar-refractivity contribution in [3.05, 3.63) is 11.6 Å². The van der Waals surface area contributed by atoms with Crippen LogP contribution >= 0.6 is 0 Å². The Kier molecular flexibility index (Phi) is 5.32. The van der Waals surface area contributed by atoms with Gasteiger partial charge in [-0.05, 0) is 13.0 Å². The highest BCUT2D eigenvalue weighted by Gasteiger charge is 2.38. The monoisotopic (exact) mass is 254 g/mol. The Hall–Kier alpha value is -1.90. The zero-order valence-electron chi connectivity index (χ0n) is 8.37. The van der Waals surface area contributed by atoms with Gasteiger partial charge < -0.3 is 10.8 Å². The van der Waals surface area contributed by atoms with Crippen LogP contribution in [0.15, 0.2) is 11.6 Å². The number of nitrogens with two attached hydrogens (primary N) is 1. The second-order valence-electron chi connectivity index (χ2n) is 2.83. The summed E-state index contributed by atoms with van der Waals surface area (Å²) in [7, 11) is 0. The van der Waals surface area contributed by atoms with Gasteiger partial charge in [-0.2, -0.15) is 13.2 Å². The Bertz CT molecular complexity index is 362. The molecule has 0 atom stereocenters. The number of carboxylic acids is 1. The van der Waals surface area contributed by atoms with Crippen LogP contribution in [0.1, 0.15) is 6.42 Å². The van der Waals surface area contributed by atoms with E-state index in [-0.39, 0.29) is 11.8 Å². The van der Waals surface area contributed by atoms with E-state index >= 15 is 0 Å².